The van der Waals surface area contributed by atoms with Crippen molar-refractivity contribution in [2.45, 2.75) is 12.8 Å². The number of benzene rings is 2. The highest BCUT2D eigenvalue weighted by molar-refractivity contribution is 6.22. The molecule has 1 N–H and O–H groups in total. The lowest BCUT2D eigenvalue weighted by atomic mass is 10.1. The van der Waals surface area contributed by atoms with E-state index >= 15 is 0 Å². The Morgan fingerprint density at radius 3 is 2.52 bits per heavy atom. The maximum Gasteiger partial charge on any atom is 0.261 e. The molecule has 3 aromatic rings. The number of carbonyl (C=O) groups excluding carboxylic acids is 3. The summed E-state index contributed by atoms with van der Waals surface area (Å²) in [6.07, 6.45) is 4.68. The smallest absolute Gasteiger partial charge is 0.261 e. The van der Waals surface area contributed by atoms with E-state index in [0.29, 0.717) is 29.8 Å². The van der Waals surface area contributed by atoms with E-state index in [0.717, 1.165) is 6.42 Å². The molecule has 4 rings (SSSR count). The van der Waals surface area contributed by atoms with Crippen LogP contribution < -0.4 is 5.32 Å². The fourth-order valence-corrected chi connectivity index (χ4v) is 3.41. The van der Waals surface area contributed by atoms with Gasteiger partial charge in [0.1, 0.15) is 0 Å². The number of amides is 3. The van der Waals surface area contributed by atoms with Crippen LogP contribution >= 0.6 is 0 Å². The fraction of sp³-hybridized carbons (Fsp3) is 0.182. The zero-order valence-corrected chi connectivity index (χ0v) is 16.0. The molecule has 1 aliphatic rings. The van der Waals surface area contributed by atoms with E-state index in [1.165, 1.54) is 22.7 Å². The topological polar surface area (TPSA) is 84.3 Å². The van der Waals surface area contributed by atoms with Gasteiger partial charge in [0.15, 0.2) is 0 Å². The van der Waals surface area contributed by atoms with Crippen molar-refractivity contribution in [3.63, 3.8) is 0 Å². The van der Waals surface area contributed by atoms with Crippen LogP contribution in [-0.2, 0) is 13.5 Å². The zero-order chi connectivity index (χ0) is 20.4. The molecule has 29 heavy (non-hydrogen) atoms. The second-order valence-electron chi connectivity index (χ2n) is 6.97. The standard InChI is InChI=1S/C22H20N4O3/c1-25-14-17(13-23-25)24-20(27)16-9-10-18-19(12-16)22(29)26(21(18)28)11-5-8-15-6-3-2-4-7-15/h2-4,6-7,9-10,12-14H,5,8,11H2,1H3,(H,24,27). The highest BCUT2D eigenvalue weighted by atomic mass is 16.2. The first-order valence-corrected chi connectivity index (χ1v) is 9.37. The summed E-state index contributed by atoms with van der Waals surface area (Å²) in [5.41, 5.74) is 2.66. The summed E-state index contributed by atoms with van der Waals surface area (Å²) >= 11 is 0. The van der Waals surface area contributed by atoms with Gasteiger partial charge in [-0.2, -0.15) is 5.10 Å². The van der Waals surface area contributed by atoms with Gasteiger partial charge in [-0.3, -0.25) is 24.0 Å². The molecule has 0 fully saturated rings. The Hall–Kier alpha value is -3.74. The molecular weight excluding hydrogens is 368 g/mol. The molecule has 0 aliphatic carbocycles. The van der Waals surface area contributed by atoms with Gasteiger partial charge in [-0.25, -0.2) is 0 Å². The van der Waals surface area contributed by atoms with Crippen LogP contribution in [0.15, 0.2) is 60.9 Å². The van der Waals surface area contributed by atoms with Gasteiger partial charge in [-0.15, -0.1) is 0 Å². The van der Waals surface area contributed by atoms with E-state index < -0.39 is 0 Å². The summed E-state index contributed by atoms with van der Waals surface area (Å²) in [6, 6.07) is 14.5. The molecule has 0 spiro atoms. The number of fused-ring (bicyclic) bond motifs is 1. The van der Waals surface area contributed by atoms with E-state index in [2.05, 4.69) is 10.4 Å². The minimum atomic E-state index is -0.358. The van der Waals surface area contributed by atoms with Crippen LogP contribution in [0.2, 0.25) is 0 Å². The maximum atomic E-state index is 12.7. The summed E-state index contributed by atoms with van der Waals surface area (Å²) in [5, 5.41) is 6.73. The molecule has 1 aromatic heterocycles. The largest absolute Gasteiger partial charge is 0.319 e. The van der Waals surface area contributed by atoms with Gasteiger partial charge in [0.2, 0.25) is 0 Å². The summed E-state index contributed by atoms with van der Waals surface area (Å²) in [7, 11) is 1.75. The predicted octanol–water partition coefficient (Wildman–Crippen LogP) is 2.90. The second-order valence-corrected chi connectivity index (χ2v) is 6.97. The fourth-order valence-electron chi connectivity index (χ4n) is 3.41. The van der Waals surface area contributed by atoms with Crippen molar-refractivity contribution in [2.75, 3.05) is 11.9 Å². The van der Waals surface area contributed by atoms with Gasteiger partial charge in [0.25, 0.3) is 17.7 Å². The van der Waals surface area contributed by atoms with Crippen molar-refractivity contribution in [2.24, 2.45) is 7.05 Å². The Morgan fingerprint density at radius 2 is 1.79 bits per heavy atom. The third kappa shape index (κ3) is 3.80. The number of hydrogen-bond acceptors (Lipinski definition) is 4. The van der Waals surface area contributed by atoms with Crippen molar-refractivity contribution < 1.29 is 14.4 Å². The quantitative estimate of drug-likeness (QED) is 0.658. The summed E-state index contributed by atoms with van der Waals surface area (Å²) in [4.78, 5) is 39.1. The van der Waals surface area contributed by atoms with Crippen LogP contribution in [0.25, 0.3) is 0 Å². The van der Waals surface area contributed by atoms with Gasteiger partial charge in [-0.1, -0.05) is 30.3 Å². The third-order valence-corrected chi connectivity index (χ3v) is 4.89. The normalized spacial score (nSPS) is 12.9. The van der Waals surface area contributed by atoms with Crippen molar-refractivity contribution in [1.29, 1.82) is 0 Å². The molecule has 0 unspecified atom stereocenters. The number of nitrogens with zero attached hydrogens (tertiary/aromatic N) is 3. The Bertz CT molecular complexity index is 1090. The van der Waals surface area contributed by atoms with Gasteiger partial charge in [-0.05, 0) is 36.6 Å². The monoisotopic (exact) mass is 388 g/mol. The first kappa shape index (κ1) is 18.6. The molecule has 2 heterocycles. The van der Waals surface area contributed by atoms with Crippen LogP contribution in [0.4, 0.5) is 5.69 Å². The molecule has 0 saturated heterocycles. The Labute approximate surface area is 167 Å². The van der Waals surface area contributed by atoms with E-state index in [1.807, 2.05) is 30.3 Å². The summed E-state index contributed by atoms with van der Waals surface area (Å²) in [5.74, 6) is -1.02. The van der Waals surface area contributed by atoms with Crippen molar-refractivity contribution in [3.8, 4) is 0 Å². The van der Waals surface area contributed by atoms with Crippen LogP contribution in [-0.4, -0.2) is 38.9 Å². The lowest BCUT2D eigenvalue weighted by Gasteiger charge is -2.13. The molecule has 7 heteroatoms. The predicted molar refractivity (Wildman–Crippen MR) is 108 cm³/mol. The van der Waals surface area contributed by atoms with E-state index in [9.17, 15) is 14.4 Å². The minimum Gasteiger partial charge on any atom is -0.319 e. The molecule has 0 bridgehead atoms. The highest BCUT2D eigenvalue weighted by Crippen LogP contribution is 2.25. The van der Waals surface area contributed by atoms with E-state index in [-0.39, 0.29) is 23.3 Å². The Kier molecular flexibility index (Phi) is 4.95. The molecule has 7 nitrogen and oxygen atoms in total. The third-order valence-electron chi connectivity index (χ3n) is 4.89. The molecule has 0 saturated carbocycles. The van der Waals surface area contributed by atoms with Crippen molar-refractivity contribution in [1.82, 2.24) is 14.7 Å². The average Bonchev–Trinajstić information content (AvgIpc) is 3.24. The summed E-state index contributed by atoms with van der Waals surface area (Å²) < 4.78 is 1.58. The van der Waals surface area contributed by atoms with Crippen LogP contribution in [0.1, 0.15) is 43.1 Å². The van der Waals surface area contributed by atoms with E-state index in [4.69, 9.17) is 0 Å². The van der Waals surface area contributed by atoms with Crippen LogP contribution in [0.3, 0.4) is 0 Å². The molecule has 1 aliphatic heterocycles. The van der Waals surface area contributed by atoms with Gasteiger partial charge >= 0.3 is 0 Å². The van der Waals surface area contributed by atoms with E-state index in [1.54, 1.807) is 30.1 Å². The highest BCUT2D eigenvalue weighted by Gasteiger charge is 2.35. The molecule has 146 valence electrons. The number of imide groups is 1. The molecule has 0 atom stereocenters. The molecular formula is C22H20N4O3. The van der Waals surface area contributed by atoms with Crippen LogP contribution in [0, 0.1) is 0 Å². The maximum absolute atomic E-state index is 12.7. The Balaban J connectivity index is 1.45. The SMILES string of the molecule is Cn1cc(NC(=O)c2ccc3c(c2)C(=O)N(CCCc2ccccc2)C3=O)cn1. The zero-order valence-electron chi connectivity index (χ0n) is 16.0. The molecule has 0 radical (unpaired) electrons. The molecule has 3 amide bonds. The minimum absolute atomic E-state index is 0.272. The Morgan fingerprint density at radius 1 is 1.03 bits per heavy atom. The van der Waals surface area contributed by atoms with Crippen molar-refractivity contribution >= 4 is 23.4 Å². The number of nitrogens with one attached hydrogen (secondary N) is 1. The van der Waals surface area contributed by atoms with Gasteiger partial charge in [0, 0.05) is 25.4 Å². The number of carbonyl (C=O) groups is 3. The lowest BCUT2D eigenvalue weighted by Crippen LogP contribution is -2.30. The van der Waals surface area contributed by atoms with Gasteiger partial charge in [0.05, 0.1) is 23.0 Å². The molecule has 2 aromatic carbocycles. The van der Waals surface area contributed by atoms with Gasteiger partial charge < -0.3 is 5.32 Å². The summed E-state index contributed by atoms with van der Waals surface area (Å²) in [6.45, 7) is 0.346. The van der Waals surface area contributed by atoms with Crippen LogP contribution in [0.5, 0.6) is 0 Å². The lowest BCUT2D eigenvalue weighted by molar-refractivity contribution is 0.0652. The number of aryl methyl sites for hydroxylation is 2. The first-order valence-electron chi connectivity index (χ1n) is 9.37. The number of hydrogen-bond donors (Lipinski definition) is 1. The number of aromatic nitrogens is 2. The second kappa shape index (κ2) is 7.71. The number of anilines is 1. The first-order chi connectivity index (χ1) is 14.0. The van der Waals surface area contributed by atoms with Crippen molar-refractivity contribution in [3.05, 3.63) is 83.2 Å². The number of rotatable bonds is 6. The average molecular weight is 388 g/mol.